The minimum atomic E-state index is -1.32. The Labute approximate surface area is 234 Å². The van der Waals surface area contributed by atoms with Crippen molar-refractivity contribution in [3.05, 3.63) is 46.8 Å². The van der Waals surface area contributed by atoms with Crippen LogP contribution in [0.5, 0.6) is 0 Å². The van der Waals surface area contributed by atoms with Gasteiger partial charge in [-0.1, -0.05) is 39.0 Å². The van der Waals surface area contributed by atoms with Crippen molar-refractivity contribution in [1.82, 2.24) is 9.13 Å². The van der Waals surface area contributed by atoms with Crippen LogP contribution in [-0.2, 0) is 25.8 Å². The van der Waals surface area contributed by atoms with Crippen LogP contribution in [0.25, 0.3) is 0 Å². The van der Waals surface area contributed by atoms with E-state index in [1.807, 2.05) is 0 Å². The molecule has 0 radical (unpaired) electrons. The zero-order chi connectivity index (χ0) is 20.0. The zero-order valence-electron chi connectivity index (χ0n) is 19.9. The van der Waals surface area contributed by atoms with E-state index >= 15 is 0 Å². The Kier molecular flexibility index (Phi) is 15.8. The number of rotatable bonds is 4. The first-order chi connectivity index (χ1) is 13.4. The van der Waals surface area contributed by atoms with E-state index in [1.54, 1.807) is 0 Å². The van der Waals surface area contributed by atoms with Crippen molar-refractivity contribution >= 4 is 16.5 Å². The first kappa shape index (κ1) is 32.1. The van der Waals surface area contributed by atoms with Gasteiger partial charge in [-0.05, 0) is 51.9 Å². The average Bonchev–Trinajstić information content (AvgIpc) is 3.44. The number of allylic oxidation sites excluding steroid dienone is 8. The molecule has 0 aromatic carbocycles. The van der Waals surface area contributed by atoms with Crippen molar-refractivity contribution in [2.75, 3.05) is 26.2 Å². The van der Waals surface area contributed by atoms with Crippen LogP contribution in [0.15, 0.2) is 34.7 Å². The Morgan fingerprint density at radius 2 is 0.935 bits per heavy atom. The SMILES string of the molecule is C[Si](C)(C1=[C-]CC=C1)N1CCCCC1.C[Si](C)(C1=[C-]CC=C1)N1CCCCC1.[Br-].[Br-].[Hf+4]. The van der Waals surface area contributed by atoms with Crippen LogP contribution >= 0.6 is 0 Å². The van der Waals surface area contributed by atoms with Crippen molar-refractivity contribution < 1.29 is 59.8 Å². The van der Waals surface area contributed by atoms with Gasteiger partial charge in [0.05, 0.1) is 0 Å². The largest absolute Gasteiger partial charge is 4.00 e. The minimum absolute atomic E-state index is 0. The Morgan fingerprint density at radius 1 is 0.613 bits per heavy atom. The number of nitrogens with zero attached hydrogens (tertiary/aromatic N) is 2. The first-order valence-corrected chi connectivity index (χ1v) is 17.4. The predicted molar refractivity (Wildman–Crippen MR) is 127 cm³/mol. The van der Waals surface area contributed by atoms with Gasteiger partial charge >= 0.3 is 25.8 Å². The van der Waals surface area contributed by atoms with Crippen LogP contribution in [0, 0.1) is 12.2 Å². The molecule has 2 saturated heterocycles. The fourth-order valence-corrected chi connectivity index (χ4v) is 10.6. The molecule has 0 spiro atoms. The Balaban J connectivity index is 0.000000529. The van der Waals surface area contributed by atoms with Crippen LogP contribution in [-0.4, -0.2) is 51.8 Å². The summed E-state index contributed by atoms with van der Waals surface area (Å²) in [4.78, 5) is 0. The smallest absolute Gasteiger partial charge is 1.00 e. The van der Waals surface area contributed by atoms with Gasteiger partial charge in [-0.15, -0.1) is 12.8 Å². The maximum absolute atomic E-state index is 3.52. The van der Waals surface area contributed by atoms with E-state index in [0.29, 0.717) is 0 Å². The van der Waals surface area contributed by atoms with Crippen LogP contribution in [0.1, 0.15) is 51.4 Å². The molecule has 2 aliphatic heterocycles. The molecule has 2 nitrogen and oxygen atoms in total. The second-order valence-corrected chi connectivity index (χ2v) is 18.2. The number of hydrogen-bond donors (Lipinski definition) is 0. The summed E-state index contributed by atoms with van der Waals surface area (Å²) in [6, 6.07) is 0. The Bertz CT molecular complexity index is 592. The van der Waals surface area contributed by atoms with Gasteiger partial charge in [0, 0.05) is 0 Å². The van der Waals surface area contributed by atoms with Gasteiger partial charge in [0.1, 0.15) is 16.5 Å². The first-order valence-electron chi connectivity index (χ1n) is 11.5. The number of hydrogen-bond acceptors (Lipinski definition) is 2. The Hall–Kier alpha value is 1.14. The molecule has 0 bridgehead atoms. The summed E-state index contributed by atoms with van der Waals surface area (Å²) in [6.45, 7) is 15.1. The van der Waals surface area contributed by atoms with Gasteiger partial charge in [-0.3, -0.25) is 12.2 Å². The summed E-state index contributed by atoms with van der Waals surface area (Å²) in [5.41, 5.74) is 0. The van der Waals surface area contributed by atoms with Crippen LogP contribution in [0.2, 0.25) is 26.2 Å². The molecule has 4 rings (SSSR count). The van der Waals surface area contributed by atoms with E-state index in [1.165, 1.54) is 75.1 Å². The van der Waals surface area contributed by atoms with Crippen molar-refractivity contribution in [1.29, 1.82) is 0 Å². The van der Waals surface area contributed by atoms with Crippen molar-refractivity contribution in [2.45, 2.75) is 77.6 Å². The van der Waals surface area contributed by atoms with Crippen LogP contribution in [0.3, 0.4) is 0 Å². The molecule has 31 heavy (non-hydrogen) atoms. The van der Waals surface area contributed by atoms with Crippen LogP contribution in [0.4, 0.5) is 0 Å². The number of halogens is 2. The fourth-order valence-electron chi connectivity index (χ4n) is 4.90. The third kappa shape index (κ3) is 8.70. The molecule has 0 aromatic rings. The maximum Gasteiger partial charge on any atom is 4.00 e. The van der Waals surface area contributed by atoms with Gasteiger partial charge in [-0.25, -0.2) is 22.5 Å². The molecular weight excluding hydrogens is 711 g/mol. The second kappa shape index (κ2) is 15.2. The maximum atomic E-state index is 3.52. The van der Waals surface area contributed by atoms with E-state index in [4.69, 9.17) is 0 Å². The molecule has 0 amide bonds. The van der Waals surface area contributed by atoms with Gasteiger partial charge in [0.25, 0.3) is 0 Å². The van der Waals surface area contributed by atoms with Crippen molar-refractivity contribution in [3.63, 3.8) is 0 Å². The number of piperidine rings is 2. The van der Waals surface area contributed by atoms with Crippen molar-refractivity contribution in [2.24, 2.45) is 0 Å². The van der Waals surface area contributed by atoms with E-state index in [2.05, 4.69) is 71.8 Å². The molecule has 0 aromatic heterocycles. The second-order valence-electron chi connectivity index (χ2n) is 9.61. The van der Waals surface area contributed by atoms with Crippen LogP contribution < -0.4 is 34.0 Å². The quantitative estimate of drug-likeness (QED) is 0.291. The molecule has 4 aliphatic rings. The van der Waals surface area contributed by atoms with Crippen molar-refractivity contribution in [3.8, 4) is 0 Å². The van der Waals surface area contributed by atoms with Gasteiger partial charge in [0.2, 0.25) is 0 Å². The average molecular weight is 751 g/mol. The van der Waals surface area contributed by atoms with Gasteiger partial charge in [-0.2, -0.15) is 12.2 Å². The summed E-state index contributed by atoms with van der Waals surface area (Å²) in [5, 5.41) is 3.05. The summed E-state index contributed by atoms with van der Waals surface area (Å²) in [7, 11) is -2.63. The molecular formula is C24H40Br2HfN2Si2. The third-order valence-corrected chi connectivity index (χ3v) is 14.4. The monoisotopic (exact) mass is 750 g/mol. The molecule has 0 atom stereocenters. The third-order valence-electron chi connectivity index (χ3n) is 7.00. The molecule has 0 unspecified atom stereocenters. The zero-order valence-corrected chi connectivity index (χ0v) is 28.7. The van der Waals surface area contributed by atoms with Gasteiger partial charge < -0.3 is 43.1 Å². The van der Waals surface area contributed by atoms with E-state index < -0.39 is 16.5 Å². The summed E-state index contributed by atoms with van der Waals surface area (Å²) >= 11 is 0. The molecule has 2 heterocycles. The summed E-state index contributed by atoms with van der Waals surface area (Å²) in [6.07, 6.45) is 26.7. The van der Waals surface area contributed by atoms with E-state index in [-0.39, 0.29) is 59.8 Å². The summed E-state index contributed by atoms with van der Waals surface area (Å²) in [5.74, 6) is 0. The predicted octanol–water partition coefficient (Wildman–Crippen LogP) is -0.182. The molecule has 0 N–H and O–H groups in total. The summed E-state index contributed by atoms with van der Waals surface area (Å²) < 4.78 is 5.49. The molecule has 0 saturated carbocycles. The van der Waals surface area contributed by atoms with E-state index in [0.717, 1.165) is 12.8 Å². The minimum Gasteiger partial charge on any atom is -1.00 e. The molecule has 7 heteroatoms. The molecule has 172 valence electrons. The van der Waals surface area contributed by atoms with E-state index in [9.17, 15) is 0 Å². The topological polar surface area (TPSA) is 6.48 Å². The Morgan fingerprint density at radius 3 is 1.19 bits per heavy atom. The fraction of sp³-hybridized carbons (Fsp3) is 0.667. The van der Waals surface area contributed by atoms with Gasteiger partial charge in [0.15, 0.2) is 0 Å². The molecule has 2 fully saturated rings. The normalized spacial score (nSPS) is 21.7. The standard InChI is InChI=1S/2C12H20NSi.2BrH.Hf/c2*1-14(2,12-8-4-5-9-12)13-10-6-3-7-11-13;;;/h2*4,8H,3,5-7,10-11H2,1-2H3;2*1H;/q2*-1;;;+4/p-2. The molecule has 2 aliphatic carbocycles.